The summed E-state index contributed by atoms with van der Waals surface area (Å²) in [7, 11) is 0. The zero-order valence-electron chi connectivity index (χ0n) is 11.5. The summed E-state index contributed by atoms with van der Waals surface area (Å²) in [6.07, 6.45) is 0.422. The minimum Gasteiger partial charge on any atom is -0.477 e. The van der Waals surface area contributed by atoms with Crippen LogP contribution in [0.3, 0.4) is 0 Å². The number of nitrogens with zero attached hydrogens (tertiary/aromatic N) is 1. The fourth-order valence-electron chi connectivity index (χ4n) is 2.32. The molecule has 1 aromatic carbocycles. The molecule has 0 fully saturated rings. The minimum absolute atomic E-state index is 0.146. The van der Waals surface area contributed by atoms with Crippen LogP contribution < -0.4 is 5.56 Å². The molecule has 0 atom stereocenters. The van der Waals surface area contributed by atoms with Crippen LogP contribution >= 0.6 is 22.9 Å². The van der Waals surface area contributed by atoms with Crippen molar-refractivity contribution in [3.8, 4) is 0 Å². The van der Waals surface area contributed by atoms with E-state index in [1.807, 2.05) is 12.1 Å². The molecule has 112 valence electrons. The highest BCUT2D eigenvalue weighted by Gasteiger charge is 2.18. The summed E-state index contributed by atoms with van der Waals surface area (Å²) in [5.41, 5.74) is 1.06. The smallest absolute Gasteiger partial charge is 0.346 e. The van der Waals surface area contributed by atoms with E-state index in [0.717, 1.165) is 16.9 Å². The molecule has 3 rings (SSSR count). The number of carbonyl (C=O) groups is 1. The van der Waals surface area contributed by atoms with Crippen LogP contribution in [-0.4, -0.2) is 21.0 Å². The van der Waals surface area contributed by atoms with E-state index in [9.17, 15) is 9.59 Å². The Morgan fingerprint density at radius 1 is 1.45 bits per heavy atom. The summed E-state index contributed by atoms with van der Waals surface area (Å²) < 4.78 is 0. The molecule has 2 aromatic heterocycles. The zero-order chi connectivity index (χ0) is 15.9. The summed E-state index contributed by atoms with van der Waals surface area (Å²) in [5.74, 6) is -0.561. The van der Waals surface area contributed by atoms with Gasteiger partial charge in [0.25, 0.3) is 5.56 Å². The fourth-order valence-corrected chi connectivity index (χ4v) is 3.57. The number of fused-ring (bicyclic) bond motifs is 1. The lowest BCUT2D eigenvalue weighted by atomic mass is 10.1. The number of halogens is 1. The predicted molar refractivity (Wildman–Crippen MR) is 86.2 cm³/mol. The Balaban J connectivity index is 2.09. The Labute approximate surface area is 134 Å². The Morgan fingerprint density at radius 3 is 2.91 bits per heavy atom. The number of aryl methyl sites for hydroxylation is 1. The van der Waals surface area contributed by atoms with Crippen molar-refractivity contribution >= 4 is 39.1 Å². The van der Waals surface area contributed by atoms with E-state index < -0.39 is 5.97 Å². The van der Waals surface area contributed by atoms with Crippen molar-refractivity contribution in [3.05, 3.63) is 61.5 Å². The molecule has 0 unspecified atom stereocenters. The molecule has 0 bridgehead atoms. The quantitative estimate of drug-likeness (QED) is 0.770. The standard InChI is InChI=1S/C15H11ClN2O3S/c1-7-11-13(19)17-10(6-8-3-2-4-9(16)5-8)18-14(11)22-12(7)15(20)21/h2-5H,6H2,1H3,(H,20,21)(H,17,18,19). The van der Waals surface area contributed by atoms with E-state index >= 15 is 0 Å². The van der Waals surface area contributed by atoms with E-state index in [1.54, 1.807) is 19.1 Å². The number of aromatic carboxylic acids is 1. The van der Waals surface area contributed by atoms with Gasteiger partial charge in [0.15, 0.2) is 0 Å². The maximum absolute atomic E-state index is 12.2. The molecule has 0 radical (unpaired) electrons. The Kier molecular flexibility index (Phi) is 3.72. The molecule has 0 spiro atoms. The van der Waals surface area contributed by atoms with Crippen molar-refractivity contribution in [3.63, 3.8) is 0 Å². The average Bonchev–Trinajstić information content (AvgIpc) is 2.76. The van der Waals surface area contributed by atoms with Gasteiger partial charge >= 0.3 is 5.97 Å². The monoisotopic (exact) mass is 334 g/mol. The van der Waals surface area contributed by atoms with Gasteiger partial charge in [0.2, 0.25) is 0 Å². The number of thiophene rings is 1. The first-order valence-corrected chi connectivity index (χ1v) is 7.65. The van der Waals surface area contributed by atoms with Crippen molar-refractivity contribution in [2.45, 2.75) is 13.3 Å². The van der Waals surface area contributed by atoms with Crippen molar-refractivity contribution in [1.82, 2.24) is 9.97 Å². The van der Waals surface area contributed by atoms with Gasteiger partial charge in [0.1, 0.15) is 15.5 Å². The third kappa shape index (κ3) is 2.63. The molecular weight excluding hydrogens is 324 g/mol. The summed E-state index contributed by atoms with van der Waals surface area (Å²) in [4.78, 5) is 31.1. The number of H-pyrrole nitrogens is 1. The topological polar surface area (TPSA) is 83.0 Å². The van der Waals surface area contributed by atoms with Crippen molar-refractivity contribution < 1.29 is 9.90 Å². The SMILES string of the molecule is Cc1c(C(=O)O)sc2nc(Cc3cccc(Cl)c3)[nH]c(=O)c12. The van der Waals surface area contributed by atoms with Gasteiger partial charge in [0, 0.05) is 11.4 Å². The van der Waals surface area contributed by atoms with Crippen LogP contribution in [0.1, 0.15) is 26.6 Å². The number of hydrogen-bond acceptors (Lipinski definition) is 4. The third-order valence-corrected chi connectivity index (χ3v) is 4.71. The van der Waals surface area contributed by atoms with E-state index in [-0.39, 0.29) is 10.4 Å². The molecule has 0 aliphatic heterocycles. The van der Waals surface area contributed by atoms with Crippen molar-refractivity contribution in [1.29, 1.82) is 0 Å². The van der Waals surface area contributed by atoms with E-state index in [1.165, 1.54) is 0 Å². The van der Waals surface area contributed by atoms with E-state index in [2.05, 4.69) is 9.97 Å². The summed E-state index contributed by atoms with van der Waals surface area (Å²) in [5, 5.41) is 10.1. The van der Waals surface area contributed by atoms with Crippen LogP contribution in [0.5, 0.6) is 0 Å². The second kappa shape index (κ2) is 5.55. The van der Waals surface area contributed by atoms with Crippen molar-refractivity contribution in [2.75, 3.05) is 0 Å². The number of carboxylic acids is 1. The number of rotatable bonds is 3. The fraction of sp³-hybridized carbons (Fsp3) is 0.133. The lowest BCUT2D eigenvalue weighted by Gasteiger charge is -2.02. The number of hydrogen-bond donors (Lipinski definition) is 2. The van der Waals surface area contributed by atoms with Crippen LogP contribution in [-0.2, 0) is 6.42 Å². The number of benzene rings is 1. The Bertz CT molecular complexity index is 946. The first-order chi connectivity index (χ1) is 10.5. The first kappa shape index (κ1) is 14.7. The van der Waals surface area contributed by atoms with Gasteiger partial charge in [0.05, 0.1) is 5.39 Å². The van der Waals surface area contributed by atoms with Crippen LogP contribution in [0.2, 0.25) is 5.02 Å². The van der Waals surface area contributed by atoms with E-state index in [0.29, 0.717) is 33.0 Å². The number of carboxylic acid groups (broad SMARTS) is 1. The van der Waals surface area contributed by atoms with Gasteiger partial charge in [-0.3, -0.25) is 4.79 Å². The highest BCUT2D eigenvalue weighted by Crippen LogP contribution is 2.27. The molecule has 7 heteroatoms. The highest BCUT2D eigenvalue weighted by atomic mass is 35.5. The van der Waals surface area contributed by atoms with Gasteiger partial charge in [-0.2, -0.15) is 0 Å². The Hall–Kier alpha value is -2.18. The van der Waals surface area contributed by atoms with Crippen LogP contribution in [0.25, 0.3) is 10.2 Å². The van der Waals surface area contributed by atoms with Gasteiger partial charge in [-0.1, -0.05) is 23.7 Å². The normalized spacial score (nSPS) is 11.0. The Morgan fingerprint density at radius 2 is 2.23 bits per heavy atom. The minimum atomic E-state index is -1.05. The van der Waals surface area contributed by atoms with Gasteiger partial charge in [-0.25, -0.2) is 9.78 Å². The largest absolute Gasteiger partial charge is 0.477 e. The number of nitrogens with one attached hydrogen (secondary N) is 1. The second-order valence-electron chi connectivity index (χ2n) is 4.86. The second-order valence-corrected chi connectivity index (χ2v) is 6.30. The summed E-state index contributed by atoms with van der Waals surface area (Å²) >= 11 is 6.96. The predicted octanol–water partition coefficient (Wildman–Crippen LogP) is 3.24. The number of aromatic amines is 1. The molecule has 3 aromatic rings. The molecule has 0 saturated carbocycles. The lowest BCUT2D eigenvalue weighted by molar-refractivity contribution is 0.0701. The maximum Gasteiger partial charge on any atom is 0.346 e. The molecule has 0 aliphatic carbocycles. The van der Waals surface area contributed by atoms with E-state index in [4.69, 9.17) is 16.7 Å². The van der Waals surface area contributed by atoms with Gasteiger partial charge in [-0.05, 0) is 30.2 Å². The number of aromatic nitrogens is 2. The molecule has 0 aliphatic rings. The summed E-state index contributed by atoms with van der Waals surface area (Å²) in [6.45, 7) is 1.62. The molecule has 2 N–H and O–H groups in total. The molecular formula is C15H11ClN2O3S. The van der Waals surface area contributed by atoms with Crippen LogP contribution in [0.4, 0.5) is 0 Å². The first-order valence-electron chi connectivity index (χ1n) is 6.45. The molecule has 0 saturated heterocycles. The highest BCUT2D eigenvalue weighted by molar-refractivity contribution is 7.20. The zero-order valence-corrected chi connectivity index (χ0v) is 13.1. The van der Waals surface area contributed by atoms with Crippen LogP contribution in [0, 0.1) is 6.92 Å². The van der Waals surface area contributed by atoms with Gasteiger partial charge in [-0.15, -0.1) is 11.3 Å². The third-order valence-electron chi connectivity index (χ3n) is 3.30. The lowest BCUT2D eigenvalue weighted by Crippen LogP contribution is -2.12. The maximum atomic E-state index is 12.2. The molecule has 5 nitrogen and oxygen atoms in total. The molecule has 0 amide bonds. The van der Waals surface area contributed by atoms with Crippen molar-refractivity contribution in [2.24, 2.45) is 0 Å². The van der Waals surface area contributed by atoms with Gasteiger partial charge < -0.3 is 10.1 Å². The van der Waals surface area contributed by atoms with Crippen LogP contribution in [0.15, 0.2) is 29.1 Å². The average molecular weight is 335 g/mol. The molecule has 2 heterocycles. The summed E-state index contributed by atoms with van der Waals surface area (Å²) in [6, 6.07) is 7.28. The molecule has 22 heavy (non-hydrogen) atoms.